The number of urea groups is 1. The highest BCUT2D eigenvalue weighted by molar-refractivity contribution is 6.08. The van der Waals surface area contributed by atoms with Crippen molar-refractivity contribution in [3.63, 3.8) is 0 Å². The molecule has 0 aromatic heterocycles. The van der Waals surface area contributed by atoms with Gasteiger partial charge < -0.3 is 10.1 Å². The molecule has 36 heavy (non-hydrogen) atoms. The summed E-state index contributed by atoms with van der Waals surface area (Å²) in [5, 5.41) is 17.3. The molecule has 1 aliphatic rings. The van der Waals surface area contributed by atoms with Crippen LogP contribution in [0.3, 0.4) is 0 Å². The molecule has 2 amide bonds. The number of anilines is 1. The van der Waals surface area contributed by atoms with Gasteiger partial charge >= 0.3 is 18.2 Å². The molecule has 182 valence electrons. The number of amides is 2. The average Bonchev–Trinajstić information content (AvgIpc) is 3.34. The minimum atomic E-state index is -4.48. The number of nitrogens with one attached hydrogen (secondary N) is 1. The van der Waals surface area contributed by atoms with Gasteiger partial charge in [-0.3, -0.25) is 0 Å². The molecule has 1 unspecified atom stereocenters. The molecule has 0 saturated heterocycles. The Hall–Kier alpha value is -4.65. The van der Waals surface area contributed by atoms with Crippen molar-refractivity contribution in [2.45, 2.75) is 12.1 Å². The number of rotatable bonds is 4. The zero-order valence-corrected chi connectivity index (χ0v) is 18.9. The van der Waals surface area contributed by atoms with Crippen LogP contribution in [0.25, 0.3) is 0 Å². The second-order valence-electron chi connectivity index (χ2n) is 7.93. The number of hydrogen-bond acceptors (Lipinski definition) is 5. The molecule has 1 aliphatic heterocycles. The first kappa shape index (κ1) is 24.5. The van der Waals surface area contributed by atoms with E-state index in [1.165, 1.54) is 24.3 Å². The second-order valence-corrected chi connectivity index (χ2v) is 7.93. The summed E-state index contributed by atoms with van der Waals surface area (Å²) >= 11 is 0. The molecule has 0 radical (unpaired) electrons. The van der Waals surface area contributed by atoms with Gasteiger partial charge in [-0.05, 0) is 59.7 Å². The number of methoxy groups -OCH3 is 1. The van der Waals surface area contributed by atoms with E-state index in [4.69, 9.17) is 10.00 Å². The monoisotopic (exact) mass is 492 g/mol. The van der Waals surface area contributed by atoms with Gasteiger partial charge in [0.1, 0.15) is 0 Å². The van der Waals surface area contributed by atoms with E-state index >= 15 is 0 Å². The highest BCUT2D eigenvalue weighted by Gasteiger charge is 2.33. The highest BCUT2D eigenvalue weighted by atomic mass is 19.4. The normalized spacial score (nSPS) is 15.1. The number of carbonyl (C=O) groups excluding carboxylic acids is 2. The van der Waals surface area contributed by atoms with Gasteiger partial charge in [0.2, 0.25) is 0 Å². The van der Waals surface area contributed by atoms with Crippen molar-refractivity contribution < 1.29 is 27.5 Å². The smallest absolute Gasteiger partial charge is 0.416 e. The van der Waals surface area contributed by atoms with E-state index in [0.29, 0.717) is 22.4 Å². The van der Waals surface area contributed by atoms with E-state index in [2.05, 4.69) is 10.4 Å². The summed E-state index contributed by atoms with van der Waals surface area (Å²) in [5.74, 6) is -0.838. The lowest BCUT2D eigenvalue weighted by Gasteiger charge is -2.16. The number of halogens is 3. The Morgan fingerprint density at radius 2 is 1.67 bits per heavy atom. The number of hydrazone groups is 1. The van der Waals surface area contributed by atoms with E-state index in [1.54, 1.807) is 48.5 Å². The van der Waals surface area contributed by atoms with Crippen molar-refractivity contribution in [1.82, 2.24) is 5.01 Å². The van der Waals surface area contributed by atoms with Gasteiger partial charge in [0.15, 0.2) is 0 Å². The summed E-state index contributed by atoms with van der Waals surface area (Å²) in [4.78, 5) is 24.7. The van der Waals surface area contributed by atoms with Crippen molar-refractivity contribution >= 4 is 23.4 Å². The SMILES string of the molecule is COC(=O)c1ccc(C2CN(C(=O)Nc3ccc(C(F)(F)F)cc3)N=C2c2ccc(C#N)cc2)cc1. The summed E-state index contributed by atoms with van der Waals surface area (Å²) in [7, 11) is 1.29. The molecule has 0 saturated carbocycles. The first-order valence-corrected chi connectivity index (χ1v) is 10.7. The molecule has 1 heterocycles. The fraction of sp³-hybridized carbons (Fsp3) is 0.154. The minimum Gasteiger partial charge on any atom is -0.465 e. The van der Waals surface area contributed by atoms with Crippen molar-refractivity contribution in [3.8, 4) is 6.07 Å². The van der Waals surface area contributed by atoms with E-state index < -0.39 is 23.7 Å². The van der Waals surface area contributed by atoms with Gasteiger partial charge in [-0.2, -0.15) is 23.5 Å². The molecule has 0 spiro atoms. The lowest BCUT2D eigenvalue weighted by atomic mass is 9.90. The zero-order chi connectivity index (χ0) is 25.9. The van der Waals surface area contributed by atoms with Gasteiger partial charge in [-0.1, -0.05) is 24.3 Å². The molecule has 4 rings (SSSR count). The first-order valence-electron chi connectivity index (χ1n) is 10.7. The maximum atomic E-state index is 12.9. The van der Waals surface area contributed by atoms with Gasteiger partial charge in [-0.25, -0.2) is 14.6 Å². The fourth-order valence-corrected chi connectivity index (χ4v) is 3.77. The number of carbonyl (C=O) groups is 2. The number of benzene rings is 3. The molecule has 0 aliphatic carbocycles. The summed E-state index contributed by atoms with van der Waals surface area (Å²) in [6, 6.07) is 19.0. The number of alkyl halides is 3. The van der Waals surface area contributed by atoms with Crippen LogP contribution in [0.4, 0.5) is 23.7 Å². The van der Waals surface area contributed by atoms with E-state index in [9.17, 15) is 22.8 Å². The Kier molecular flexibility index (Phi) is 6.74. The standard InChI is InChI=1S/C26H19F3N4O3/c1-36-24(34)19-8-6-17(7-9-19)22-15-33(32-23(22)18-4-2-16(14-30)3-5-18)25(35)31-21-12-10-20(11-13-21)26(27,28)29/h2-13,22H,15H2,1H3,(H,31,35). The molecule has 1 atom stereocenters. The Morgan fingerprint density at radius 1 is 1.03 bits per heavy atom. The molecule has 10 heteroatoms. The quantitative estimate of drug-likeness (QED) is 0.494. The highest BCUT2D eigenvalue weighted by Crippen LogP contribution is 2.31. The van der Waals surface area contributed by atoms with Crippen LogP contribution in [-0.4, -0.2) is 36.4 Å². The molecule has 0 bridgehead atoms. The topological polar surface area (TPSA) is 94.8 Å². The molecular formula is C26H19F3N4O3. The largest absolute Gasteiger partial charge is 0.465 e. The lowest BCUT2D eigenvalue weighted by molar-refractivity contribution is -0.137. The molecule has 0 fully saturated rings. The third-order valence-electron chi connectivity index (χ3n) is 5.66. The Balaban J connectivity index is 1.60. The molecule has 7 nitrogen and oxygen atoms in total. The molecule has 3 aromatic rings. The van der Waals surface area contributed by atoms with Gasteiger partial charge in [0.25, 0.3) is 0 Å². The third kappa shape index (κ3) is 5.20. The fourth-order valence-electron chi connectivity index (χ4n) is 3.77. The van der Waals surface area contributed by atoms with E-state index in [-0.39, 0.29) is 18.2 Å². The van der Waals surface area contributed by atoms with Crippen LogP contribution in [0.2, 0.25) is 0 Å². The Bertz CT molecular complexity index is 1340. The van der Waals surface area contributed by atoms with Crippen LogP contribution < -0.4 is 5.32 Å². The molecule has 3 aromatic carbocycles. The third-order valence-corrected chi connectivity index (χ3v) is 5.66. The number of hydrogen-bond donors (Lipinski definition) is 1. The predicted molar refractivity (Wildman–Crippen MR) is 125 cm³/mol. The number of nitrogens with zero attached hydrogens (tertiary/aromatic N) is 3. The van der Waals surface area contributed by atoms with Crippen molar-refractivity contribution in [2.24, 2.45) is 5.10 Å². The predicted octanol–water partition coefficient (Wildman–Crippen LogP) is 5.40. The van der Waals surface area contributed by atoms with Crippen LogP contribution in [0.15, 0.2) is 77.9 Å². The average molecular weight is 492 g/mol. The van der Waals surface area contributed by atoms with Gasteiger partial charge in [-0.15, -0.1) is 0 Å². The van der Waals surface area contributed by atoms with Gasteiger partial charge in [0, 0.05) is 11.6 Å². The van der Waals surface area contributed by atoms with E-state index in [1.807, 2.05) is 6.07 Å². The zero-order valence-electron chi connectivity index (χ0n) is 18.9. The maximum Gasteiger partial charge on any atom is 0.416 e. The van der Waals surface area contributed by atoms with Crippen LogP contribution in [0.1, 0.15) is 38.5 Å². The van der Waals surface area contributed by atoms with E-state index in [0.717, 1.165) is 17.7 Å². The van der Waals surface area contributed by atoms with Crippen LogP contribution >= 0.6 is 0 Å². The Morgan fingerprint density at radius 3 is 2.22 bits per heavy atom. The van der Waals surface area contributed by atoms with Gasteiger partial charge in [0.05, 0.1) is 42.1 Å². The minimum absolute atomic E-state index is 0.152. The van der Waals surface area contributed by atoms with Crippen molar-refractivity contribution in [1.29, 1.82) is 5.26 Å². The number of ether oxygens (including phenoxy) is 1. The first-order chi connectivity index (χ1) is 17.2. The lowest BCUT2D eigenvalue weighted by Crippen LogP contribution is -2.30. The summed E-state index contributed by atoms with van der Waals surface area (Å²) < 4.78 is 43.2. The maximum absolute atomic E-state index is 12.9. The summed E-state index contributed by atoms with van der Waals surface area (Å²) in [6.07, 6.45) is -4.48. The number of nitriles is 1. The van der Waals surface area contributed by atoms with Crippen LogP contribution in [-0.2, 0) is 10.9 Å². The Labute approximate surface area is 204 Å². The van der Waals surface area contributed by atoms with Crippen LogP contribution in [0, 0.1) is 11.3 Å². The summed E-state index contributed by atoms with van der Waals surface area (Å²) in [5.41, 5.74) is 2.25. The molecule has 1 N–H and O–H groups in total. The number of esters is 1. The second kappa shape index (κ2) is 9.92. The van der Waals surface area contributed by atoms with Crippen LogP contribution in [0.5, 0.6) is 0 Å². The van der Waals surface area contributed by atoms with Crippen molar-refractivity contribution in [2.75, 3.05) is 19.0 Å². The van der Waals surface area contributed by atoms with Crippen molar-refractivity contribution in [3.05, 3.63) is 101 Å². The molecular weight excluding hydrogens is 473 g/mol. The summed E-state index contributed by atoms with van der Waals surface area (Å²) in [6.45, 7) is 0.152.